The van der Waals surface area contributed by atoms with Gasteiger partial charge in [0.25, 0.3) is 0 Å². The van der Waals surface area contributed by atoms with Crippen molar-refractivity contribution in [3.05, 3.63) is 30.3 Å². The Hall–Kier alpha value is -1.55. The number of hydrogen-bond donors (Lipinski definition) is 2. The molecule has 104 valence electrons. The number of amides is 1. The van der Waals surface area contributed by atoms with Crippen molar-refractivity contribution >= 4 is 11.6 Å². The van der Waals surface area contributed by atoms with Crippen LogP contribution in [-0.4, -0.2) is 23.7 Å². The van der Waals surface area contributed by atoms with Crippen molar-refractivity contribution in [2.24, 2.45) is 5.73 Å². The second-order valence-corrected chi connectivity index (χ2v) is 5.52. The fourth-order valence-electron chi connectivity index (χ4n) is 2.65. The molecule has 1 fully saturated rings. The zero-order chi connectivity index (χ0) is 13.9. The fraction of sp³-hybridized carbons (Fsp3) is 0.533. The Kier molecular flexibility index (Phi) is 3.80. The van der Waals surface area contributed by atoms with Crippen LogP contribution < -0.4 is 11.1 Å². The lowest BCUT2D eigenvalue weighted by molar-refractivity contribution is -0.135. The normalized spacial score (nSPS) is 30.8. The molecule has 0 aromatic heterocycles. The van der Waals surface area contributed by atoms with E-state index in [1.165, 1.54) is 0 Å². The van der Waals surface area contributed by atoms with Crippen LogP contribution in [-0.2, 0) is 9.53 Å². The van der Waals surface area contributed by atoms with Crippen molar-refractivity contribution in [2.75, 3.05) is 11.9 Å². The van der Waals surface area contributed by atoms with E-state index < -0.39 is 5.54 Å². The van der Waals surface area contributed by atoms with E-state index in [2.05, 4.69) is 12.2 Å². The summed E-state index contributed by atoms with van der Waals surface area (Å²) in [5.74, 6) is -0.306. The predicted molar refractivity (Wildman–Crippen MR) is 75.9 cm³/mol. The Morgan fingerprint density at radius 2 is 2.11 bits per heavy atom. The Morgan fingerprint density at radius 3 is 2.68 bits per heavy atom. The van der Waals surface area contributed by atoms with Crippen molar-refractivity contribution in [1.82, 2.24) is 0 Å². The molecule has 4 nitrogen and oxygen atoms in total. The minimum atomic E-state index is -0.718. The third kappa shape index (κ3) is 2.89. The Balaban J connectivity index is 2.26. The highest BCUT2D eigenvalue weighted by atomic mass is 16.5. The molecule has 1 aliphatic heterocycles. The Labute approximate surface area is 114 Å². The molecule has 0 saturated carbocycles. The van der Waals surface area contributed by atoms with Crippen LogP contribution in [0.1, 0.15) is 33.1 Å². The van der Waals surface area contributed by atoms with Gasteiger partial charge in [0.05, 0.1) is 12.2 Å². The average molecular weight is 262 g/mol. The summed E-state index contributed by atoms with van der Waals surface area (Å²) in [5.41, 5.74) is 5.57. The first-order chi connectivity index (χ1) is 9.00. The molecule has 1 aliphatic rings. The maximum Gasteiger partial charge on any atom is 0.243 e. The molecule has 0 aliphatic carbocycles. The van der Waals surface area contributed by atoms with E-state index >= 15 is 0 Å². The molecule has 0 bridgehead atoms. The van der Waals surface area contributed by atoms with Gasteiger partial charge in [-0.2, -0.15) is 0 Å². The van der Waals surface area contributed by atoms with E-state index in [9.17, 15) is 4.79 Å². The first-order valence-corrected chi connectivity index (χ1v) is 6.77. The minimum absolute atomic E-state index is 0.297. The highest BCUT2D eigenvalue weighted by Gasteiger charge is 2.46. The number of nitrogens with one attached hydrogen (secondary N) is 1. The van der Waals surface area contributed by atoms with E-state index in [0.717, 1.165) is 12.1 Å². The molecule has 19 heavy (non-hydrogen) atoms. The zero-order valence-electron chi connectivity index (χ0n) is 11.6. The van der Waals surface area contributed by atoms with E-state index in [4.69, 9.17) is 10.5 Å². The number of carbonyl (C=O) groups is 1. The number of para-hydroxylation sites is 1. The summed E-state index contributed by atoms with van der Waals surface area (Å²) in [7, 11) is 0. The number of rotatable bonds is 4. The smallest absolute Gasteiger partial charge is 0.243 e. The molecule has 4 heteroatoms. The summed E-state index contributed by atoms with van der Waals surface area (Å²) < 4.78 is 5.81. The summed E-state index contributed by atoms with van der Waals surface area (Å²) in [6.07, 6.45) is 2.06. The van der Waals surface area contributed by atoms with Crippen LogP contribution in [0.2, 0.25) is 0 Å². The standard InChI is InChI=1S/C15H22N2O2/c1-3-14(2)11-15(13(16)18,9-10-19-14)17-12-7-5-4-6-8-12/h4-8,17H,3,9-11H2,1-2H3,(H2,16,18). The van der Waals surface area contributed by atoms with Crippen molar-refractivity contribution in [1.29, 1.82) is 0 Å². The summed E-state index contributed by atoms with van der Waals surface area (Å²) >= 11 is 0. The van der Waals surface area contributed by atoms with Crippen LogP contribution in [0.15, 0.2) is 30.3 Å². The number of benzene rings is 1. The average Bonchev–Trinajstić information content (AvgIpc) is 2.40. The largest absolute Gasteiger partial charge is 0.375 e. The van der Waals surface area contributed by atoms with Gasteiger partial charge in [0.2, 0.25) is 5.91 Å². The monoisotopic (exact) mass is 262 g/mol. The van der Waals surface area contributed by atoms with Gasteiger partial charge in [0.1, 0.15) is 5.54 Å². The van der Waals surface area contributed by atoms with E-state index in [0.29, 0.717) is 19.4 Å². The van der Waals surface area contributed by atoms with Crippen LogP contribution in [0.3, 0.4) is 0 Å². The van der Waals surface area contributed by atoms with Gasteiger partial charge in [-0.3, -0.25) is 4.79 Å². The first kappa shape index (κ1) is 13.9. The van der Waals surface area contributed by atoms with Crippen LogP contribution >= 0.6 is 0 Å². The number of primary amides is 1. The molecular formula is C15H22N2O2. The summed E-state index contributed by atoms with van der Waals surface area (Å²) in [5, 5.41) is 3.33. The molecule has 0 radical (unpaired) electrons. The maximum absolute atomic E-state index is 12.0. The quantitative estimate of drug-likeness (QED) is 0.875. The topological polar surface area (TPSA) is 64.3 Å². The highest BCUT2D eigenvalue weighted by Crippen LogP contribution is 2.36. The van der Waals surface area contributed by atoms with Crippen molar-refractivity contribution in [3.8, 4) is 0 Å². The van der Waals surface area contributed by atoms with E-state index in [1.807, 2.05) is 37.3 Å². The molecule has 1 heterocycles. The number of nitrogens with two attached hydrogens (primary N) is 1. The van der Waals surface area contributed by atoms with Gasteiger partial charge < -0.3 is 15.8 Å². The Morgan fingerprint density at radius 1 is 1.42 bits per heavy atom. The number of ether oxygens (including phenoxy) is 1. The molecule has 2 atom stereocenters. The fourth-order valence-corrected chi connectivity index (χ4v) is 2.65. The number of carbonyl (C=O) groups excluding carboxylic acids is 1. The lowest BCUT2D eigenvalue weighted by Crippen LogP contribution is -2.59. The summed E-state index contributed by atoms with van der Waals surface area (Å²) in [6, 6.07) is 9.72. The molecule has 1 amide bonds. The van der Waals surface area contributed by atoms with Crippen LogP contribution in [0, 0.1) is 0 Å². The lowest BCUT2D eigenvalue weighted by Gasteiger charge is -2.45. The van der Waals surface area contributed by atoms with Gasteiger partial charge in [-0.25, -0.2) is 0 Å². The van der Waals surface area contributed by atoms with Gasteiger partial charge in [-0.1, -0.05) is 25.1 Å². The number of anilines is 1. The van der Waals surface area contributed by atoms with Crippen molar-refractivity contribution in [3.63, 3.8) is 0 Å². The Bertz CT molecular complexity index is 449. The molecule has 0 spiro atoms. The van der Waals surface area contributed by atoms with Gasteiger partial charge in [-0.05, 0) is 25.5 Å². The SMILES string of the molecule is CCC1(C)CC(Nc2ccccc2)(C(N)=O)CCO1. The van der Waals surface area contributed by atoms with Crippen molar-refractivity contribution < 1.29 is 9.53 Å². The highest BCUT2D eigenvalue weighted by molar-refractivity contribution is 5.88. The number of hydrogen-bond acceptors (Lipinski definition) is 3. The minimum Gasteiger partial charge on any atom is -0.375 e. The first-order valence-electron chi connectivity index (χ1n) is 6.77. The van der Waals surface area contributed by atoms with Crippen LogP contribution in [0.5, 0.6) is 0 Å². The van der Waals surface area contributed by atoms with E-state index in [1.54, 1.807) is 0 Å². The summed E-state index contributed by atoms with van der Waals surface area (Å²) in [4.78, 5) is 12.0. The molecule has 2 unspecified atom stereocenters. The maximum atomic E-state index is 12.0. The second-order valence-electron chi connectivity index (χ2n) is 5.52. The van der Waals surface area contributed by atoms with Crippen molar-refractivity contribution in [2.45, 2.75) is 44.2 Å². The molecule has 1 aromatic carbocycles. The molecule has 3 N–H and O–H groups in total. The second kappa shape index (κ2) is 5.21. The van der Waals surface area contributed by atoms with Crippen LogP contribution in [0.25, 0.3) is 0 Å². The van der Waals surface area contributed by atoms with Gasteiger partial charge >= 0.3 is 0 Å². The lowest BCUT2D eigenvalue weighted by atomic mass is 9.78. The van der Waals surface area contributed by atoms with E-state index in [-0.39, 0.29) is 11.5 Å². The molecule has 2 rings (SSSR count). The third-order valence-corrected chi connectivity index (χ3v) is 4.03. The zero-order valence-corrected chi connectivity index (χ0v) is 11.6. The van der Waals surface area contributed by atoms with Gasteiger partial charge in [-0.15, -0.1) is 0 Å². The molecular weight excluding hydrogens is 240 g/mol. The van der Waals surface area contributed by atoms with Gasteiger partial charge in [0.15, 0.2) is 0 Å². The van der Waals surface area contributed by atoms with Crippen LogP contribution in [0.4, 0.5) is 5.69 Å². The third-order valence-electron chi connectivity index (χ3n) is 4.03. The summed E-state index contributed by atoms with van der Waals surface area (Å²) in [6.45, 7) is 4.66. The predicted octanol–water partition coefficient (Wildman–Crippen LogP) is 2.30. The molecule has 1 aromatic rings. The molecule has 1 saturated heterocycles. The van der Waals surface area contributed by atoms with Gasteiger partial charge in [0, 0.05) is 18.5 Å².